The summed E-state index contributed by atoms with van der Waals surface area (Å²) in [7, 11) is 0. The zero-order valence-electron chi connectivity index (χ0n) is 12.9. The SMILES string of the molecule is CCN1C(=O)/C(=C2\C=Cc3cc(C)ccc3N2CC)SC1=S. The van der Waals surface area contributed by atoms with E-state index < -0.39 is 0 Å². The quantitative estimate of drug-likeness (QED) is 0.605. The molecule has 1 aromatic rings. The zero-order chi connectivity index (χ0) is 15.9. The summed E-state index contributed by atoms with van der Waals surface area (Å²) in [5, 5.41) is 0. The van der Waals surface area contributed by atoms with E-state index in [4.69, 9.17) is 12.2 Å². The van der Waals surface area contributed by atoms with E-state index in [1.165, 1.54) is 22.9 Å². The van der Waals surface area contributed by atoms with Gasteiger partial charge in [0, 0.05) is 18.8 Å². The highest BCUT2D eigenvalue weighted by Gasteiger charge is 2.35. The van der Waals surface area contributed by atoms with Gasteiger partial charge in [-0.2, -0.15) is 0 Å². The second kappa shape index (κ2) is 5.89. The molecular weight excluding hydrogens is 312 g/mol. The van der Waals surface area contributed by atoms with Crippen molar-refractivity contribution in [2.45, 2.75) is 20.8 Å². The number of hydrogen-bond acceptors (Lipinski definition) is 4. The van der Waals surface area contributed by atoms with Crippen LogP contribution < -0.4 is 4.90 Å². The second-order valence-electron chi connectivity index (χ2n) is 5.27. The van der Waals surface area contributed by atoms with E-state index in [2.05, 4.69) is 43.0 Å². The summed E-state index contributed by atoms with van der Waals surface area (Å²) in [6.45, 7) is 7.57. The lowest BCUT2D eigenvalue weighted by Gasteiger charge is -2.30. The van der Waals surface area contributed by atoms with Gasteiger partial charge >= 0.3 is 0 Å². The van der Waals surface area contributed by atoms with E-state index in [-0.39, 0.29) is 5.91 Å². The van der Waals surface area contributed by atoms with Crippen molar-refractivity contribution in [3.63, 3.8) is 0 Å². The van der Waals surface area contributed by atoms with Crippen LogP contribution in [0.1, 0.15) is 25.0 Å². The Morgan fingerprint density at radius 2 is 1.86 bits per heavy atom. The fraction of sp³-hybridized carbons (Fsp3) is 0.294. The largest absolute Gasteiger partial charge is 0.340 e. The lowest BCUT2D eigenvalue weighted by Crippen LogP contribution is -2.30. The zero-order valence-corrected chi connectivity index (χ0v) is 14.6. The molecule has 3 rings (SSSR count). The van der Waals surface area contributed by atoms with E-state index in [9.17, 15) is 4.79 Å². The van der Waals surface area contributed by atoms with Gasteiger partial charge in [0.05, 0.1) is 5.70 Å². The Labute approximate surface area is 140 Å². The molecule has 1 aromatic carbocycles. The smallest absolute Gasteiger partial charge is 0.268 e. The number of rotatable bonds is 2. The molecule has 0 bridgehead atoms. The molecule has 0 atom stereocenters. The molecule has 0 aliphatic carbocycles. The number of likely N-dealkylation sites (N-methyl/N-ethyl adjacent to an activating group) is 2. The van der Waals surface area contributed by atoms with Gasteiger partial charge in [-0.3, -0.25) is 9.69 Å². The molecule has 0 aromatic heterocycles. The average molecular weight is 330 g/mol. The van der Waals surface area contributed by atoms with Crippen LogP contribution in [0.4, 0.5) is 5.69 Å². The van der Waals surface area contributed by atoms with E-state index in [1.807, 2.05) is 13.0 Å². The minimum absolute atomic E-state index is 0.0196. The average Bonchev–Trinajstić information content (AvgIpc) is 2.79. The fourth-order valence-corrected chi connectivity index (χ4v) is 4.25. The Balaban J connectivity index is 2.10. The summed E-state index contributed by atoms with van der Waals surface area (Å²) < 4.78 is 0.647. The van der Waals surface area contributed by atoms with Crippen LogP contribution in [-0.4, -0.2) is 28.2 Å². The molecule has 22 heavy (non-hydrogen) atoms. The van der Waals surface area contributed by atoms with Crippen LogP contribution in [0, 0.1) is 6.92 Å². The van der Waals surface area contributed by atoms with E-state index in [1.54, 1.807) is 4.90 Å². The van der Waals surface area contributed by atoms with E-state index in [0.717, 1.165) is 22.8 Å². The number of benzene rings is 1. The third-order valence-electron chi connectivity index (χ3n) is 3.90. The second-order valence-corrected chi connectivity index (χ2v) is 6.92. The number of anilines is 1. The fourth-order valence-electron chi connectivity index (χ4n) is 2.81. The molecule has 1 saturated heterocycles. The van der Waals surface area contributed by atoms with Crippen LogP contribution in [0.2, 0.25) is 0 Å². The van der Waals surface area contributed by atoms with Crippen LogP contribution in [-0.2, 0) is 4.79 Å². The number of nitrogens with zero attached hydrogens (tertiary/aromatic N) is 2. The summed E-state index contributed by atoms with van der Waals surface area (Å²) in [6.07, 6.45) is 4.12. The Hall–Kier alpha value is -1.59. The van der Waals surface area contributed by atoms with Crippen LogP contribution in [0.25, 0.3) is 6.08 Å². The van der Waals surface area contributed by atoms with Crippen LogP contribution in [0.5, 0.6) is 0 Å². The Morgan fingerprint density at radius 3 is 2.50 bits per heavy atom. The number of thioether (sulfide) groups is 1. The molecule has 114 valence electrons. The van der Waals surface area contributed by atoms with Crippen molar-refractivity contribution in [2.24, 2.45) is 0 Å². The first kappa shape index (κ1) is 15.3. The molecule has 0 saturated carbocycles. The molecule has 2 aliphatic rings. The minimum atomic E-state index is 0.0196. The van der Waals surface area contributed by atoms with E-state index >= 15 is 0 Å². The molecule has 1 amide bonds. The molecule has 2 heterocycles. The van der Waals surface area contributed by atoms with E-state index in [0.29, 0.717) is 10.9 Å². The van der Waals surface area contributed by atoms with Crippen molar-refractivity contribution in [3.05, 3.63) is 46.0 Å². The van der Waals surface area contributed by atoms with Crippen molar-refractivity contribution in [3.8, 4) is 0 Å². The number of allylic oxidation sites excluding steroid dienone is 1. The maximum Gasteiger partial charge on any atom is 0.268 e. The lowest BCUT2D eigenvalue weighted by molar-refractivity contribution is -0.122. The van der Waals surface area contributed by atoms with Gasteiger partial charge in [0.1, 0.15) is 9.23 Å². The molecular formula is C17H18N2OS2. The Bertz CT molecular complexity index is 721. The number of amides is 1. The number of hydrogen-bond donors (Lipinski definition) is 0. The molecule has 5 heteroatoms. The van der Waals surface area contributed by atoms with Gasteiger partial charge in [-0.15, -0.1) is 0 Å². The maximum absolute atomic E-state index is 12.6. The molecule has 3 nitrogen and oxygen atoms in total. The first-order valence-corrected chi connectivity index (χ1v) is 8.63. The number of fused-ring (bicyclic) bond motifs is 1. The van der Waals surface area contributed by atoms with Gasteiger partial charge in [-0.05, 0) is 44.5 Å². The lowest BCUT2D eigenvalue weighted by atomic mass is 10.0. The summed E-state index contributed by atoms with van der Waals surface area (Å²) in [5.41, 5.74) is 4.52. The van der Waals surface area contributed by atoms with Crippen molar-refractivity contribution < 1.29 is 4.79 Å². The molecule has 0 unspecified atom stereocenters. The third-order valence-corrected chi connectivity index (χ3v) is 5.35. The molecule has 0 radical (unpaired) electrons. The Kier molecular flexibility index (Phi) is 4.10. The predicted molar refractivity (Wildman–Crippen MR) is 97.8 cm³/mol. The number of carbonyl (C=O) groups excluding carboxylic acids is 1. The summed E-state index contributed by atoms with van der Waals surface area (Å²) in [4.78, 5) is 17.2. The van der Waals surface area contributed by atoms with Gasteiger partial charge in [0.15, 0.2) is 0 Å². The maximum atomic E-state index is 12.6. The predicted octanol–water partition coefficient (Wildman–Crippen LogP) is 3.94. The van der Waals surface area contributed by atoms with Gasteiger partial charge in [0.25, 0.3) is 5.91 Å². The summed E-state index contributed by atoms with van der Waals surface area (Å²) in [5.74, 6) is 0.0196. The number of thiocarbonyl (C=S) groups is 1. The highest BCUT2D eigenvalue weighted by molar-refractivity contribution is 8.26. The molecule has 1 fully saturated rings. The molecule has 2 aliphatic heterocycles. The normalized spacial score (nSPS) is 20.9. The van der Waals surface area contributed by atoms with Crippen LogP contribution in [0.3, 0.4) is 0 Å². The number of aryl methyl sites for hydroxylation is 1. The number of carbonyl (C=O) groups is 1. The topological polar surface area (TPSA) is 23.6 Å². The standard InChI is InChI=1S/C17H18N2OS2/c1-4-18-13-8-6-11(3)10-12(13)7-9-14(18)15-16(20)19(5-2)17(21)22-15/h6-10H,4-5H2,1-3H3/b15-14-. The first-order chi connectivity index (χ1) is 10.6. The molecule has 0 spiro atoms. The highest BCUT2D eigenvalue weighted by Crippen LogP contribution is 2.39. The van der Waals surface area contributed by atoms with Crippen LogP contribution >= 0.6 is 24.0 Å². The van der Waals surface area contributed by atoms with Crippen LogP contribution in [0.15, 0.2) is 34.9 Å². The van der Waals surface area contributed by atoms with Crippen molar-refractivity contribution >= 4 is 46.0 Å². The van der Waals surface area contributed by atoms with Gasteiger partial charge in [0.2, 0.25) is 0 Å². The third kappa shape index (κ3) is 2.38. The summed E-state index contributed by atoms with van der Waals surface area (Å²) in [6, 6.07) is 6.40. The van der Waals surface area contributed by atoms with Gasteiger partial charge < -0.3 is 4.90 Å². The van der Waals surface area contributed by atoms with Crippen molar-refractivity contribution in [2.75, 3.05) is 18.0 Å². The van der Waals surface area contributed by atoms with Gasteiger partial charge in [-0.1, -0.05) is 41.7 Å². The van der Waals surface area contributed by atoms with Crippen molar-refractivity contribution in [1.29, 1.82) is 0 Å². The highest BCUT2D eigenvalue weighted by atomic mass is 32.2. The Morgan fingerprint density at radius 1 is 1.14 bits per heavy atom. The van der Waals surface area contributed by atoms with Crippen molar-refractivity contribution in [1.82, 2.24) is 4.90 Å². The first-order valence-electron chi connectivity index (χ1n) is 7.41. The monoisotopic (exact) mass is 330 g/mol. The minimum Gasteiger partial charge on any atom is -0.340 e. The molecule has 0 N–H and O–H groups in total. The summed E-state index contributed by atoms with van der Waals surface area (Å²) >= 11 is 6.73. The van der Waals surface area contributed by atoms with Gasteiger partial charge in [-0.25, -0.2) is 0 Å².